The van der Waals surface area contributed by atoms with Crippen molar-refractivity contribution in [2.24, 2.45) is 0 Å². The SMILES string of the molecule is COc1cc(OC)c2c(c1)OC1(CCN(S(=O)(=O)c3ccc(Cl)c([N+](=O)[O-])c3)CC1)CC2=O. The molecule has 1 spiro atoms. The third-order valence-corrected chi connectivity index (χ3v) is 8.18. The molecular formula is C21H21ClN2O8S. The lowest BCUT2D eigenvalue weighted by molar-refractivity contribution is -0.384. The number of halogens is 1. The standard InChI is InChI=1S/C21H21ClN2O8S/c1-30-13-9-18(31-2)20-17(25)12-21(32-19(20)10-13)5-7-23(8-6-21)33(28,29)14-3-4-15(22)16(11-14)24(26)27/h3-4,9-11H,5-8,12H2,1-2H3. The summed E-state index contributed by atoms with van der Waals surface area (Å²) in [5.41, 5.74) is -1.00. The van der Waals surface area contributed by atoms with Crippen LogP contribution in [0, 0.1) is 10.1 Å². The van der Waals surface area contributed by atoms with Gasteiger partial charge in [0.05, 0.1) is 30.5 Å². The number of carbonyl (C=O) groups is 1. The van der Waals surface area contributed by atoms with Crippen molar-refractivity contribution in [2.45, 2.75) is 29.8 Å². The smallest absolute Gasteiger partial charge is 0.289 e. The number of rotatable bonds is 5. The van der Waals surface area contributed by atoms with E-state index in [0.29, 0.717) is 22.8 Å². The third-order valence-electron chi connectivity index (χ3n) is 5.97. The summed E-state index contributed by atoms with van der Waals surface area (Å²) in [5, 5.41) is 11.0. The molecule has 1 saturated heterocycles. The van der Waals surface area contributed by atoms with Crippen LogP contribution in [-0.2, 0) is 10.0 Å². The van der Waals surface area contributed by atoms with Gasteiger partial charge < -0.3 is 14.2 Å². The number of benzene rings is 2. The number of sulfonamides is 1. The Morgan fingerprint density at radius 1 is 1.15 bits per heavy atom. The number of piperidine rings is 1. The number of Topliss-reactive ketones (excluding diaryl/α,β-unsaturated/α-hetero) is 1. The summed E-state index contributed by atoms with van der Waals surface area (Å²) >= 11 is 5.81. The molecule has 2 heterocycles. The number of ether oxygens (including phenoxy) is 3. The first kappa shape index (κ1) is 23.3. The van der Waals surface area contributed by atoms with Crippen LogP contribution in [0.4, 0.5) is 5.69 Å². The van der Waals surface area contributed by atoms with Crippen LogP contribution in [0.15, 0.2) is 35.2 Å². The molecule has 176 valence electrons. The second-order valence-corrected chi connectivity index (χ2v) is 10.2. The van der Waals surface area contributed by atoms with Crippen molar-refractivity contribution in [3.63, 3.8) is 0 Å². The van der Waals surface area contributed by atoms with E-state index in [9.17, 15) is 23.3 Å². The lowest BCUT2D eigenvalue weighted by Gasteiger charge is -2.43. The van der Waals surface area contributed by atoms with E-state index >= 15 is 0 Å². The average molecular weight is 497 g/mol. The van der Waals surface area contributed by atoms with E-state index in [-0.39, 0.29) is 48.1 Å². The highest BCUT2D eigenvalue weighted by Crippen LogP contribution is 2.45. The first-order valence-electron chi connectivity index (χ1n) is 10.0. The molecule has 0 saturated carbocycles. The zero-order chi connectivity index (χ0) is 24.0. The van der Waals surface area contributed by atoms with Crippen molar-refractivity contribution in [1.82, 2.24) is 4.31 Å². The molecule has 0 aromatic heterocycles. The summed E-state index contributed by atoms with van der Waals surface area (Å²) in [4.78, 5) is 23.2. The van der Waals surface area contributed by atoms with Crippen LogP contribution >= 0.6 is 11.6 Å². The fraction of sp³-hybridized carbons (Fsp3) is 0.381. The fourth-order valence-electron chi connectivity index (χ4n) is 4.21. The molecule has 4 rings (SSSR count). The molecule has 0 radical (unpaired) electrons. The van der Waals surface area contributed by atoms with Gasteiger partial charge >= 0.3 is 0 Å². The fourth-order valence-corrected chi connectivity index (χ4v) is 5.85. The normalized spacial score (nSPS) is 17.8. The molecule has 0 atom stereocenters. The second-order valence-electron chi connectivity index (χ2n) is 7.86. The molecule has 2 aromatic rings. The number of methoxy groups -OCH3 is 2. The highest BCUT2D eigenvalue weighted by Gasteiger charge is 2.46. The van der Waals surface area contributed by atoms with E-state index in [4.69, 9.17) is 25.8 Å². The Bertz CT molecular complexity index is 1240. The summed E-state index contributed by atoms with van der Waals surface area (Å²) in [5.74, 6) is 1.01. The average Bonchev–Trinajstić information content (AvgIpc) is 2.78. The number of nitro benzene ring substituents is 1. The maximum absolute atomic E-state index is 13.1. The third kappa shape index (κ3) is 4.11. The van der Waals surface area contributed by atoms with Gasteiger partial charge in [0, 0.05) is 44.1 Å². The molecule has 10 nitrogen and oxygen atoms in total. The van der Waals surface area contributed by atoms with Crippen LogP contribution in [0.25, 0.3) is 0 Å². The first-order chi connectivity index (χ1) is 15.6. The van der Waals surface area contributed by atoms with Gasteiger partial charge in [-0.1, -0.05) is 11.6 Å². The number of hydrogen-bond donors (Lipinski definition) is 0. The zero-order valence-electron chi connectivity index (χ0n) is 17.9. The maximum Gasteiger partial charge on any atom is 0.289 e. The van der Waals surface area contributed by atoms with Gasteiger partial charge in [-0.2, -0.15) is 4.31 Å². The highest BCUT2D eigenvalue weighted by molar-refractivity contribution is 7.89. The van der Waals surface area contributed by atoms with E-state index in [1.165, 1.54) is 30.7 Å². The number of ketones is 1. The van der Waals surface area contributed by atoms with Gasteiger partial charge in [-0.15, -0.1) is 0 Å². The Hall–Kier alpha value is -2.89. The van der Waals surface area contributed by atoms with Crippen LogP contribution in [0.5, 0.6) is 17.2 Å². The van der Waals surface area contributed by atoms with Crippen molar-refractivity contribution >= 4 is 33.1 Å². The van der Waals surface area contributed by atoms with E-state index in [1.807, 2.05) is 0 Å². The quantitative estimate of drug-likeness (QED) is 0.455. The van der Waals surface area contributed by atoms with E-state index in [0.717, 1.165) is 6.07 Å². The van der Waals surface area contributed by atoms with Crippen LogP contribution < -0.4 is 14.2 Å². The monoisotopic (exact) mass is 496 g/mol. The van der Waals surface area contributed by atoms with Crippen LogP contribution in [0.3, 0.4) is 0 Å². The van der Waals surface area contributed by atoms with E-state index in [1.54, 1.807) is 12.1 Å². The topological polar surface area (TPSA) is 125 Å². The van der Waals surface area contributed by atoms with E-state index < -0.39 is 26.2 Å². The number of carbonyl (C=O) groups excluding carboxylic acids is 1. The number of fused-ring (bicyclic) bond motifs is 1. The molecule has 12 heteroatoms. The van der Waals surface area contributed by atoms with Gasteiger partial charge in [0.2, 0.25) is 10.0 Å². The van der Waals surface area contributed by atoms with Crippen molar-refractivity contribution < 1.29 is 32.3 Å². The summed E-state index contributed by atoms with van der Waals surface area (Å²) in [6, 6.07) is 6.62. The predicted octanol–water partition coefficient (Wildman–Crippen LogP) is 3.45. The van der Waals surface area contributed by atoms with Crippen molar-refractivity contribution in [3.05, 3.63) is 51.0 Å². The van der Waals surface area contributed by atoms with Crippen LogP contribution in [-0.4, -0.2) is 56.3 Å². The van der Waals surface area contributed by atoms with Gasteiger partial charge in [-0.25, -0.2) is 8.42 Å². The minimum absolute atomic E-state index is 0.0858. The molecule has 1 fully saturated rings. The summed E-state index contributed by atoms with van der Waals surface area (Å²) in [7, 11) is -1.05. The van der Waals surface area contributed by atoms with Gasteiger partial charge in [-0.05, 0) is 12.1 Å². The predicted molar refractivity (Wildman–Crippen MR) is 118 cm³/mol. The number of nitro groups is 1. The van der Waals surface area contributed by atoms with Crippen molar-refractivity contribution in [3.8, 4) is 17.2 Å². The molecule has 0 aliphatic carbocycles. The Labute approximate surface area is 195 Å². The van der Waals surface area contributed by atoms with Crippen LogP contribution in [0.2, 0.25) is 5.02 Å². The molecule has 33 heavy (non-hydrogen) atoms. The zero-order valence-corrected chi connectivity index (χ0v) is 19.4. The van der Waals surface area contributed by atoms with Gasteiger partial charge in [-0.3, -0.25) is 14.9 Å². The van der Waals surface area contributed by atoms with Crippen LogP contribution in [0.1, 0.15) is 29.6 Å². The summed E-state index contributed by atoms with van der Waals surface area (Å²) in [6.45, 7) is 0.172. The molecule has 0 amide bonds. The molecule has 0 unspecified atom stereocenters. The summed E-state index contributed by atoms with van der Waals surface area (Å²) < 4.78 is 44.2. The van der Waals surface area contributed by atoms with Crippen molar-refractivity contribution in [1.29, 1.82) is 0 Å². The molecule has 2 aliphatic heterocycles. The van der Waals surface area contributed by atoms with E-state index in [2.05, 4.69) is 0 Å². The largest absolute Gasteiger partial charge is 0.496 e. The Morgan fingerprint density at radius 2 is 1.85 bits per heavy atom. The molecule has 2 aromatic carbocycles. The van der Waals surface area contributed by atoms with Gasteiger partial charge in [0.1, 0.15) is 33.4 Å². The minimum Gasteiger partial charge on any atom is -0.496 e. The van der Waals surface area contributed by atoms with Crippen molar-refractivity contribution in [2.75, 3.05) is 27.3 Å². The Kier molecular flexibility index (Phi) is 5.97. The Morgan fingerprint density at radius 3 is 2.45 bits per heavy atom. The van der Waals surface area contributed by atoms with Gasteiger partial charge in [0.15, 0.2) is 5.78 Å². The number of hydrogen-bond acceptors (Lipinski definition) is 8. The number of nitrogens with zero attached hydrogens (tertiary/aromatic N) is 2. The molecule has 0 N–H and O–H groups in total. The summed E-state index contributed by atoms with van der Waals surface area (Å²) in [6.07, 6.45) is 0.627. The van der Waals surface area contributed by atoms with Gasteiger partial charge in [0.25, 0.3) is 5.69 Å². The molecular weight excluding hydrogens is 476 g/mol. The molecule has 2 aliphatic rings. The highest BCUT2D eigenvalue weighted by atomic mass is 35.5. The first-order valence-corrected chi connectivity index (χ1v) is 11.8. The minimum atomic E-state index is -4.00. The Balaban J connectivity index is 1.57. The lowest BCUT2D eigenvalue weighted by atomic mass is 9.82. The lowest BCUT2D eigenvalue weighted by Crippen LogP contribution is -2.52. The second kappa shape index (κ2) is 8.47. The molecule has 0 bridgehead atoms. The maximum atomic E-state index is 13.1.